The molecule has 0 saturated carbocycles. The molecule has 0 radical (unpaired) electrons. The molecule has 0 aliphatic rings. The van der Waals surface area contributed by atoms with Crippen molar-refractivity contribution in [2.24, 2.45) is 0 Å². The molecule has 1 atom stereocenters. The summed E-state index contributed by atoms with van der Waals surface area (Å²) < 4.78 is 0. The number of carbonyl (C=O) groups is 3. The van der Waals surface area contributed by atoms with Crippen molar-refractivity contribution >= 4 is 29.2 Å². The van der Waals surface area contributed by atoms with Crippen LogP contribution in [0.4, 0.5) is 11.5 Å². The number of anilines is 2. The highest BCUT2D eigenvalue weighted by Crippen LogP contribution is 2.30. The molecule has 0 aliphatic heterocycles. The van der Waals surface area contributed by atoms with Gasteiger partial charge in [-0.3, -0.25) is 19.3 Å². The van der Waals surface area contributed by atoms with Gasteiger partial charge in [0.15, 0.2) is 0 Å². The molecule has 7 heteroatoms. The highest BCUT2D eigenvalue weighted by molar-refractivity contribution is 6.03. The molecular formula is C28H32N4O3. The van der Waals surface area contributed by atoms with E-state index in [-0.39, 0.29) is 36.6 Å². The number of pyridine rings is 1. The van der Waals surface area contributed by atoms with Crippen molar-refractivity contribution in [3.63, 3.8) is 0 Å². The van der Waals surface area contributed by atoms with E-state index >= 15 is 0 Å². The monoisotopic (exact) mass is 472 g/mol. The fraction of sp³-hybridized carbons (Fsp3) is 0.286. The second-order valence-electron chi connectivity index (χ2n) is 8.84. The van der Waals surface area contributed by atoms with Gasteiger partial charge in [-0.15, -0.1) is 0 Å². The van der Waals surface area contributed by atoms with E-state index in [0.29, 0.717) is 17.1 Å². The lowest BCUT2D eigenvalue weighted by atomic mass is 10.0. The van der Waals surface area contributed by atoms with Gasteiger partial charge in [0.05, 0.1) is 0 Å². The Bertz CT molecular complexity index is 1160. The van der Waals surface area contributed by atoms with Crippen LogP contribution in [0.1, 0.15) is 49.4 Å². The molecule has 0 aliphatic carbocycles. The number of aryl methyl sites for hydroxylation is 2. The number of aromatic nitrogens is 1. The van der Waals surface area contributed by atoms with E-state index in [9.17, 15) is 14.4 Å². The Labute approximate surface area is 206 Å². The first kappa shape index (κ1) is 25.6. The zero-order chi connectivity index (χ0) is 25.4. The predicted molar refractivity (Wildman–Crippen MR) is 138 cm³/mol. The smallest absolute Gasteiger partial charge is 0.248 e. The lowest BCUT2D eigenvalue weighted by Gasteiger charge is -2.32. The second-order valence-corrected chi connectivity index (χ2v) is 8.84. The van der Waals surface area contributed by atoms with E-state index in [1.807, 2.05) is 76.2 Å². The van der Waals surface area contributed by atoms with Crippen LogP contribution in [0, 0.1) is 13.8 Å². The number of nitrogens with one attached hydrogen (secondary N) is 2. The Morgan fingerprint density at radius 2 is 1.63 bits per heavy atom. The van der Waals surface area contributed by atoms with E-state index in [4.69, 9.17) is 0 Å². The first-order valence-corrected chi connectivity index (χ1v) is 11.7. The Morgan fingerprint density at radius 1 is 0.886 bits per heavy atom. The topological polar surface area (TPSA) is 91.4 Å². The minimum absolute atomic E-state index is 0.0376. The van der Waals surface area contributed by atoms with Gasteiger partial charge < -0.3 is 10.6 Å². The molecule has 0 spiro atoms. The van der Waals surface area contributed by atoms with Gasteiger partial charge >= 0.3 is 0 Å². The number of hydrogen-bond donors (Lipinski definition) is 2. The van der Waals surface area contributed by atoms with Gasteiger partial charge in [0.25, 0.3) is 0 Å². The van der Waals surface area contributed by atoms with Gasteiger partial charge in [0.2, 0.25) is 17.7 Å². The fourth-order valence-electron chi connectivity index (χ4n) is 3.73. The average molecular weight is 473 g/mol. The van der Waals surface area contributed by atoms with Gasteiger partial charge in [0, 0.05) is 30.8 Å². The highest BCUT2D eigenvalue weighted by Gasteiger charge is 2.33. The molecule has 3 amide bonds. The summed E-state index contributed by atoms with van der Waals surface area (Å²) in [6.45, 7) is 7.66. The summed E-state index contributed by atoms with van der Waals surface area (Å²) in [6, 6.07) is 19.3. The molecular weight excluding hydrogens is 440 g/mol. The Morgan fingerprint density at radius 3 is 2.26 bits per heavy atom. The van der Waals surface area contributed by atoms with Crippen molar-refractivity contribution in [2.45, 2.75) is 52.6 Å². The van der Waals surface area contributed by atoms with Crippen LogP contribution in [0.15, 0.2) is 72.9 Å². The first-order valence-electron chi connectivity index (χ1n) is 11.7. The summed E-state index contributed by atoms with van der Waals surface area (Å²) in [4.78, 5) is 45.1. The zero-order valence-corrected chi connectivity index (χ0v) is 20.6. The number of benzene rings is 2. The molecule has 1 aromatic heterocycles. The summed E-state index contributed by atoms with van der Waals surface area (Å²) in [5.74, 6) is -0.498. The molecule has 35 heavy (non-hydrogen) atoms. The average Bonchev–Trinajstić information content (AvgIpc) is 2.82. The quantitative estimate of drug-likeness (QED) is 0.472. The van der Waals surface area contributed by atoms with Gasteiger partial charge in [-0.1, -0.05) is 48.0 Å². The van der Waals surface area contributed by atoms with Gasteiger partial charge in [-0.25, -0.2) is 4.98 Å². The highest BCUT2D eigenvalue weighted by atomic mass is 16.2. The molecule has 0 saturated heterocycles. The SMILES string of the molecule is Cc1ccc(C(C(=O)NC(C)C)N(C(=O)CCC(=O)Nc2ccccn2)c2cccc(C)c2)cc1. The number of amides is 3. The maximum Gasteiger partial charge on any atom is 0.248 e. The first-order chi connectivity index (χ1) is 16.7. The van der Waals surface area contributed by atoms with Crippen LogP contribution in [0.25, 0.3) is 0 Å². The maximum atomic E-state index is 13.6. The number of carbonyl (C=O) groups excluding carboxylic acids is 3. The third kappa shape index (κ3) is 7.24. The van der Waals surface area contributed by atoms with Crippen molar-refractivity contribution in [2.75, 3.05) is 10.2 Å². The molecule has 3 aromatic rings. The lowest BCUT2D eigenvalue weighted by molar-refractivity contribution is -0.127. The van der Waals surface area contributed by atoms with Crippen LogP contribution < -0.4 is 15.5 Å². The largest absolute Gasteiger partial charge is 0.352 e. The summed E-state index contributed by atoms with van der Waals surface area (Å²) in [5.41, 5.74) is 3.31. The van der Waals surface area contributed by atoms with Crippen molar-refractivity contribution in [1.29, 1.82) is 0 Å². The summed E-state index contributed by atoms with van der Waals surface area (Å²) in [7, 11) is 0. The van der Waals surface area contributed by atoms with E-state index in [1.54, 1.807) is 24.4 Å². The van der Waals surface area contributed by atoms with Crippen LogP contribution in [0.3, 0.4) is 0 Å². The standard InChI is InChI=1S/C28H32N4O3/c1-19(2)30-28(35)27(22-13-11-20(3)12-14-22)32(23-9-7-8-21(4)18-23)26(34)16-15-25(33)31-24-10-5-6-17-29-24/h5-14,17-19,27H,15-16H2,1-4H3,(H,30,35)(H,29,31,33). The molecule has 0 fully saturated rings. The molecule has 2 N–H and O–H groups in total. The fourth-order valence-corrected chi connectivity index (χ4v) is 3.73. The minimum atomic E-state index is -0.883. The molecule has 2 aromatic carbocycles. The number of nitrogens with zero attached hydrogens (tertiary/aromatic N) is 2. The van der Waals surface area contributed by atoms with Gasteiger partial charge in [-0.2, -0.15) is 0 Å². The van der Waals surface area contributed by atoms with E-state index < -0.39 is 6.04 Å². The third-order valence-corrected chi connectivity index (χ3v) is 5.38. The summed E-state index contributed by atoms with van der Waals surface area (Å²) >= 11 is 0. The second kappa shape index (κ2) is 11.9. The Hall–Kier alpha value is -4.00. The Kier molecular flexibility index (Phi) is 8.73. The molecule has 1 heterocycles. The number of hydrogen-bond acceptors (Lipinski definition) is 4. The van der Waals surface area contributed by atoms with Crippen LogP contribution in [0.2, 0.25) is 0 Å². The Balaban J connectivity index is 1.93. The maximum absolute atomic E-state index is 13.6. The normalized spacial score (nSPS) is 11.6. The van der Waals surface area contributed by atoms with Crippen molar-refractivity contribution in [3.8, 4) is 0 Å². The van der Waals surface area contributed by atoms with Gasteiger partial charge in [-0.05, 0) is 63.1 Å². The minimum Gasteiger partial charge on any atom is -0.352 e. The lowest BCUT2D eigenvalue weighted by Crippen LogP contribution is -2.46. The molecule has 7 nitrogen and oxygen atoms in total. The predicted octanol–water partition coefficient (Wildman–Crippen LogP) is 4.72. The van der Waals surface area contributed by atoms with Crippen LogP contribution in [-0.2, 0) is 14.4 Å². The molecule has 1 unspecified atom stereocenters. The van der Waals surface area contributed by atoms with Crippen molar-refractivity contribution < 1.29 is 14.4 Å². The van der Waals surface area contributed by atoms with Gasteiger partial charge in [0.1, 0.15) is 11.9 Å². The number of rotatable bonds is 9. The van der Waals surface area contributed by atoms with Crippen molar-refractivity contribution in [1.82, 2.24) is 10.3 Å². The van der Waals surface area contributed by atoms with E-state index in [1.165, 1.54) is 4.90 Å². The van der Waals surface area contributed by atoms with E-state index in [0.717, 1.165) is 11.1 Å². The molecule has 182 valence electrons. The van der Waals surface area contributed by atoms with Crippen LogP contribution in [0.5, 0.6) is 0 Å². The van der Waals surface area contributed by atoms with Crippen molar-refractivity contribution in [3.05, 3.63) is 89.6 Å². The van der Waals surface area contributed by atoms with Crippen LogP contribution in [-0.4, -0.2) is 28.7 Å². The van der Waals surface area contributed by atoms with Crippen LogP contribution >= 0.6 is 0 Å². The summed E-state index contributed by atoms with van der Waals surface area (Å²) in [6.07, 6.45) is 1.48. The zero-order valence-electron chi connectivity index (χ0n) is 20.6. The summed E-state index contributed by atoms with van der Waals surface area (Å²) in [5, 5.41) is 5.65. The molecule has 3 rings (SSSR count). The third-order valence-electron chi connectivity index (χ3n) is 5.38. The van der Waals surface area contributed by atoms with E-state index in [2.05, 4.69) is 15.6 Å². The molecule has 0 bridgehead atoms.